The molecule has 0 unspecified atom stereocenters. The number of carbonyl (C=O) groups is 1. The third kappa shape index (κ3) is 5.26. The summed E-state index contributed by atoms with van der Waals surface area (Å²) in [7, 11) is 0. The largest absolute Gasteiger partial charge is 0.369 e. The molecule has 0 aliphatic carbocycles. The van der Waals surface area contributed by atoms with Crippen LogP contribution in [0.25, 0.3) is 0 Å². The van der Waals surface area contributed by atoms with E-state index in [0.717, 1.165) is 44.0 Å². The minimum atomic E-state index is -0.297. The normalized spacial score (nSPS) is 15.1. The van der Waals surface area contributed by atoms with Gasteiger partial charge in [0.15, 0.2) is 0 Å². The van der Waals surface area contributed by atoms with Gasteiger partial charge in [-0.3, -0.25) is 9.69 Å². The predicted molar refractivity (Wildman–Crippen MR) is 98.2 cm³/mol. The van der Waals surface area contributed by atoms with Crippen molar-refractivity contribution in [1.29, 1.82) is 0 Å². The molecule has 4 nitrogen and oxygen atoms in total. The van der Waals surface area contributed by atoms with Crippen LogP contribution < -0.4 is 10.2 Å². The number of nitrogens with zero attached hydrogens (tertiary/aromatic N) is 2. The topological polar surface area (TPSA) is 35.6 Å². The van der Waals surface area contributed by atoms with Crippen LogP contribution in [0.2, 0.25) is 0 Å². The molecule has 0 radical (unpaired) electrons. The molecule has 2 aromatic carbocycles. The van der Waals surface area contributed by atoms with E-state index in [0.29, 0.717) is 6.54 Å². The highest BCUT2D eigenvalue weighted by Gasteiger charge is 2.17. The number of hydrogen-bond donors (Lipinski definition) is 1. The van der Waals surface area contributed by atoms with E-state index in [2.05, 4.69) is 15.1 Å². The molecule has 0 atom stereocenters. The van der Waals surface area contributed by atoms with Crippen LogP contribution >= 0.6 is 0 Å². The minimum Gasteiger partial charge on any atom is -0.369 e. The van der Waals surface area contributed by atoms with Gasteiger partial charge in [-0.1, -0.05) is 12.1 Å². The number of rotatable bonds is 6. The lowest BCUT2D eigenvalue weighted by Crippen LogP contribution is -2.48. The molecule has 0 bridgehead atoms. The molecule has 1 heterocycles. The Morgan fingerprint density at radius 2 is 1.46 bits per heavy atom. The van der Waals surface area contributed by atoms with Gasteiger partial charge in [0.1, 0.15) is 11.6 Å². The molecule has 1 saturated heterocycles. The molecule has 138 valence electrons. The van der Waals surface area contributed by atoms with Gasteiger partial charge >= 0.3 is 0 Å². The van der Waals surface area contributed by atoms with E-state index in [1.807, 2.05) is 0 Å². The lowest BCUT2D eigenvalue weighted by atomic mass is 10.1. The maximum absolute atomic E-state index is 13.0. The van der Waals surface area contributed by atoms with Crippen molar-refractivity contribution in [2.75, 3.05) is 44.2 Å². The van der Waals surface area contributed by atoms with Crippen LogP contribution in [0.5, 0.6) is 0 Å². The first-order valence-electron chi connectivity index (χ1n) is 8.84. The maximum atomic E-state index is 13.0. The number of amides is 1. The molecule has 1 N–H and O–H groups in total. The van der Waals surface area contributed by atoms with Crippen LogP contribution in [-0.2, 0) is 11.2 Å². The van der Waals surface area contributed by atoms with Crippen molar-refractivity contribution < 1.29 is 13.6 Å². The first-order chi connectivity index (χ1) is 12.6. The minimum absolute atomic E-state index is 0.0541. The molecular formula is C20H23F2N3O. The Balaban J connectivity index is 1.35. The lowest BCUT2D eigenvalue weighted by molar-refractivity contribution is -0.120. The SMILES string of the molecule is O=C(Cc1ccc(F)cc1)NCCN1CCN(c2ccc(F)cc2)CC1. The smallest absolute Gasteiger partial charge is 0.224 e. The average Bonchev–Trinajstić information content (AvgIpc) is 2.65. The van der Waals surface area contributed by atoms with E-state index >= 15 is 0 Å². The predicted octanol–water partition coefficient (Wildman–Crippen LogP) is 2.45. The highest BCUT2D eigenvalue weighted by atomic mass is 19.1. The Morgan fingerprint density at radius 3 is 2.08 bits per heavy atom. The van der Waals surface area contributed by atoms with Crippen LogP contribution in [0.15, 0.2) is 48.5 Å². The molecular weight excluding hydrogens is 336 g/mol. The fourth-order valence-corrected chi connectivity index (χ4v) is 3.09. The summed E-state index contributed by atoms with van der Waals surface area (Å²) >= 11 is 0. The molecule has 3 rings (SSSR count). The second-order valence-corrected chi connectivity index (χ2v) is 6.46. The van der Waals surface area contributed by atoms with E-state index < -0.39 is 0 Å². The third-order valence-corrected chi connectivity index (χ3v) is 4.59. The first-order valence-corrected chi connectivity index (χ1v) is 8.84. The second kappa shape index (κ2) is 8.76. The average molecular weight is 359 g/mol. The van der Waals surface area contributed by atoms with E-state index in [4.69, 9.17) is 0 Å². The summed E-state index contributed by atoms with van der Waals surface area (Å²) in [4.78, 5) is 16.5. The van der Waals surface area contributed by atoms with Crippen molar-refractivity contribution in [1.82, 2.24) is 10.2 Å². The Morgan fingerprint density at radius 1 is 0.885 bits per heavy atom. The Hall–Kier alpha value is -2.47. The van der Waals surface area contributed by atoms with Gasteiger partial charge in [0.25, 0.3) is 0 Å². The maximum Gasteiger partial charge on any atom is 0.224 e. The summed E-state index contributed by atoms with van der Waals surface area (Å²) in [5, 5.41) is 2.91. The van der Waals surface area contributed by atoms with Gasteiger partial charge in [0, 0.05) is 45.0 Å². The lowest BCUT2D eigenvalue weighted by Gasteiger charge is -2.36. The standard InChI is InChI=1S/C20H23F2N3O/c21-17-3-1-16(2-4-17)15-20(26)23-9-10-24-11-13-25(14-12-24)19-7-5-18(22)6-8-19/h1-8H,9-15H2,(H,23,26). The molecule has 1 fully saturated rings. The van der Waals surface area contributed by atoms with Crippen LogP contribution in [0.4, 0.5) is 14.5 Å². The van der Waals surface area contributed by atoms with Gasteiger partial charge in [-0.2, -0.15) is 0 Å². The van der Waals surface area contributed by atoms with Gasteiger partial charge in [0.05, 0.1) is 6.42 Å². The molecule has 1 aliphatic rings. The van der Waals surface area contributed by atoms with Gasteiger partial charge in [-0.25, -0.2) is 8.78 Å². The van der Waals surface area contributed by atoms with Crippen LogP contribution in [0.3, 0.4) is 0 Å². The number of anilines is 1. The third-order valence-electron chi connectivity index (χ3n) is 4.59. The van der Waals surface area contributed by atoms with Crippen LogP contribution in [-0.4, -0.2) is 50.1 Å². The molecule has 26 heavy (non-hydrogen) atoms. The zero-order valence-corrected chi connectivity index (χ0v) is 14.6. The quantitative estimate of drug-likeness (QED) is 0.861. The molecule has 0 aromatic heterocycles. The van der Waals surface area contributed by atoms with E-state index in [9.17, 15) is 13.6 Å². The second-order valence-electron chi connectivity index (χ2n) is 6.46. The number of hydrogen-bond acceptors (Lipinski definition) is 3. The van der Waals surface area contributed by atoms with Crippen molar-refractivity contribution in [2.24, 2.45) is 0 Å². The molecule has 0 spiro atoms. The van der Waals surface area contributed by atoms with Crippen LogP contribution in [0, 0.1) is 11.6 Å². The molecule has 0 saturated carbocycles. The van der Waals surface area contributed by atoms with Gasteiger partial charge in [0.2, 0.25) is 5.91 Å². The number of piperazine rings is 1. The van der Waals surface area contributed by atoms with Crippen LogP contribution in [0.1, 0.15) is 5.56 Å². The first kappa shape index (κ1) is 18.3. The Kier molecular flexibility index (Phi) is 6.17. The van der Waals surface area contributed by atoms with E-state index in [1.54, 1.807) is 24.3 Å². The fourth-order valence-electron chi connectivity index (χ4n) is 3.09. The zero-order chi connectivity index (χ0) is 18.4. The van der Waals surface area contributed by atoms with E-state index in [1.165, 1.54) is 24.3 Å². The summed E-state index contributed by atoms with van der Waals surface area (Å²) < 4.78 is 25.9. The van der Waals surface area contributed by atoms with Gasteiger partial charge in [-0.15, -0.1) is 0 Å². The van der Waals surface area contributed by atoms with Gasteiger partial charge < -0.3 is 10.2 Å². The Labute approximate surface area is 152 Å². The van der Waals surface area contributed by atoms with Crippen molar-refractivity contribution in [2.45, 2.75) is 6.42 Å². The molecule has 1 amide bonds. The summed E-state index contributed by atoms with van der Waals surface area (Å²) in [6, 6.07) is 12.6. The van der Waals surface area contributed by atoms with Crippen molar-refractivity contribution in [3.8, 4) is 0 Å². The van der Waals surface area contributed by atoms with Crippen molar-refractivity contribution in [3.05, 3.63) is 65.7 Å². The Bertz CT molecular complexity index is 711. The fraction of sp³-hybridized carbons (Fsp3) is 0.350. The molecule has 2 aromatic rings. The summed E-state index contributed by atoms with van der Waals surface area (Å²) in [5.41, 5.74) is 1.84. The number of carbonyl (C=O) groups excluding carboxylic acids is 1. The summed E-state index contributed by atoms with van der Waals surface area (Å²) in [6.45, 7) is 4.98. The number of nitrogens with one attached hydrogen (secondary N) is 1. The zero-order valence-electron chi connectivity index (χ0n) is 14.6. The highest BCUT2D eigenvalue weighted by molar-refractivity contribution is 5.78. The van der Waals surface area contributed by atoms with E-state index in [-0.39, 0.29) is 24.0 Å². The summed E-state index contributed by atoms with van der Waals surface area (Å²) in [6.07, 6.45) is 0.263. The molecule has 6 heteroatoms. The number of benzene rings is 2. The van der Waals surface area contributed by atoms with Crippen molar-refractivity contribution in [3.63, 3.8) is 0 Å². The molecule has 1 aliphatic heterocycles. The van der Waals surface area contributed by atoms with Crippen molar-refractivity contribution >= 4 is 11.6 Å². The monoisotopic (exact) mass is 359 g/mol. The highest BCUT2D eigenvalue weighted by Crippen LogP contribution is 2.16. The summed E-state index contributed by atoms with van der Waals surface area (Å²) in [5.74, 6) is -0.570. The van der Waals surface area contributed by atoms with Gasteiger partial charge in [-0.05, 0) is 42.0 Å². The number of halogens is 2.